The second kappa shape index (κ2) is 6.91. The third kappa shape index (κ3) is 4.50. The maximum absolute atomic E-state index is 11.7. The lowest BCUT2D eigenvalue weighted by Gasteiger charge is -2.09. The fraction of sp³-hybridized carbons (Fsp3) is 0.471. The Labute approximate surface area is 120 Å². The van der Waals surface area contributed by atoms with Crippen molar-refractivity contribution in [3.8, 4) is 0 Å². The Morgan fingerprint density at radius 3 is 2.58 bits per heavy atom. The summed E-state index contributed by atoms with van der Waals surface area (Å²) in [6.07, 6.45) is 5.74. The molecule has 19 heavy (non-hydrogen) atoms. The van der Waals surface area contributed by atoms with Crippen LogP contribution in [-0.4, -0.2) is 11.7 Å². The molecular weight excluding hydrogens is 256 g/mol. The number of carbonyl (C=O) groups excluding carboxylic acids is 1. The second-order valence-electron chi connectivity index (χ2n) is 5.42. The summed E-state index contributed by atoms with van der Waals surface area (Å²) in [6.45, 7) is 3.96. The first-order valence-electron chi connectivity index (χ1n) is 7.03. The largest absolute Gasteiger partial charge is 0.299 e. The second-order valence-corrected chi connectivity index (χ2v) is 5.69. The van der Waals surface area contributed by atoms with Gasteiger partial charge in [-0.15, -0.1) is 11.6 Å². The fourth-order valence-corrected chi connectivity index (χ4v) is 2.45. The SMILES string of the molecule is C=C(CCl)Cc1ccccc1CCCC(=O)C1CC1. The molecule has 0 aliphatic heterocycles. The van der Waals surface area contributed by atoms with Crippen molar-refractivity contribution in [3.05, 3.63) is 47.5 Å². The van der Waals surface area contributed by atoms with E-state index < -0.39 is 0 Å². The predicted octanol–water partition coefficient (Wildman–Crippen LogP) is 4.33. The van der Waals surface area contributed by atoms with Crippen LogP contribution in [0.15, 0.2) is 36.4 Å². The highest BCUT2D eigenvalue weighted by atomic mass is 35.5. The van der Waals surface area contributed by atoms with Crippen molar-refractivity contribution < 1.29 is 4.79 Å². The van der Waals surface area contributed by atoms with Gasteiger partial charge in [0.1, 0.15) is 5.78 Å². The molecule has 1 aliphatic carbocycles. The molecule has 0 aromatic heterocycles. The molecule has 0 heterocycles. The molecule has 0 atom stereocenters. The lowest BCUT2D eigenvalue weighted by Crippen LogP contribution is -2.02. The number of carbonyl (C=O) groups is 1. The van der Waals surface area contributed by atoms with E-state index in [9.17, 15) is 4.79 Å². The van der Waals surface area contributed by atoms with E-state index in [1.807, 2.05) is 0 Å². The van der Waals surface area contributed by atoms with E-state index in [2.05, 4.69) is 30.8 Å². The third-order valence-corrected chi connectivity index (χ3v) is 4.03. The molecule has 1 nitrogen and oxygen atoms in total. The first kappa shape index (κ1) is 14.3. The van der Waals surface area contributed by atoms with Gasteiger partial charge in [-0.05, 0) is 43.2 Å². The smallest absolute Gasteiger partial charge is 0.135 e. The van der Waals surface area contributed by atoms with Crippen LogP contribution in [0.5, 0.6) is 0 Å². The third-order valence-electron chi connectivity index (χ3n) is 3.65. The zero-order chi connectivity index (χ0) is 13.7. The summed E-state index contributed by atoms with van der Waals surface area (Å²) in [6, 6.07) is 8.40. The lowest BCUT2D eigenvalue weighted by atomic mass is 9.96. The number of aryl methyl sites for hydroxylation is 1. The fourth-order valence-electron chi connectivity index (χ4n) is 2.35. The molecule has 0 N–H and O–H groups in total. The molecule has 1 aliphatic rings. The van der Waals surface area contributed by atoms with Gasteiger partial charge in [-0.2, -0.15) is 0 Å². The average molecular weight is 277 g/mol. The average Bonchev–Trinajstić information content (AvgIpc) is 3.24. The topological polar surface area (TPSA) is 17.1 Å². The van der Waals surface area contributed by atoms with Crippen molar-refractivity contribution in [3.63, 3.8) is 0 Å². The Kier molecular flexibility index (Phi) is 5.21. The molecule has 0 radical (unpaired) electrons. The van der Waals surface area contributed by atoms with Crippen molar-refractivity contribution in [2.75, 3.05) is 5.88 Å². The van der Waals surface area contributed by atoms with Crippen LogP contribution in [0.3, 0.4) is 0 Å². The summed E-state index contributed by atoms with van der Waals surface area (Å²) >= 11 is 5.80. The molecule has 0 saturated heterocycles. The molecule has 1 aromatic rings. The van der Waals surface area contributed by atoms with Crippen LogP contribution in [0.1, 0.15) is 36.8 Å². The Balaban J connectivity index is 1.87. The quantitative estimate of drug-likeness (QED) is 0.510. The van der Waals surface area contributed by atoms with Gasteiger partial charge < -0.3 is 0 Å². The van der Waals surface area contributed by atoms with Gasteiger partial charge in [-0.3, -0.25) is 4.79 Å². The number of hydrogen-bond donors (Lipinski definition) is 0. The Morgan fingerprint density at radius 1 is 1.26 bits per heavy atom. The van der Waals surface area contributed by atoms with Crippen LogP contribution >= 0.6 is 11.6 Å². The van der Waals surface area contributed by atoms with Crippen LogP contribution in [0.2, 0.25) is 0 Å². The zero-order valence-electron chi connectivity index (χ0n) is 11.3. The maximum Gasteiger partial charge on any atom is 0.135 e. The number of Topliss-reactive ketones (excluding diaryl/α,β-unsaturated/α-hetero) is 1. The first-order valence-corrected chi connectivity index (χ1v) is 7.56. The highest BCUT2D eigenvalue weighted by Crippen LogP contribution is 2.31. The van der Waals surface area contributed by atoms with Crippen LogP contribution in [0, 0.1) is 5.92 Å². The molecule has 0 spiro atoms. The molecule has 1 fully saturated rings. The van der Waals surface area contributed by atoms with Crippen LogP contribution < -0.4 is 0 Å². The maximum atomic E-state index is 11.7. The number of ketones is 1. The molecule has 102 valence electrons. The van der Waals surface area contributed by atoms with Gasteiger partial charge in [0.25, 0.3) is 0 Å². The highest BCUT2D eigenvalue weighted by molar-refractivity contribution is 6.19. The summed E-state index contributed by atoms with van der Waals surface area (Å²) < 4.78 is 0. The minimum absolute atomic E-state index is 0.395. The molecule has 2 heteroatoms. The molecule has 0 amide bonds. The van der Waals surface area contributed by atoms with Crippen LogP contribution in [0.4, 0.5) is 0 Å². The standard InChI is InChI=1S/C17H21ClO/c1-13(12-18)11-16-6-3-2-5-14(16)7-4-8-17(19)15-9-10-15/h2-3,5-6,15H,1,4,7-12H2. The highest BCUT2D eigenvalue weighted by Gasteiger charge is 2.28. The van der Waals surface area contributed by atoms with Crippen molar-refractivity contribution in [1.82, 2.24) is 0 Å². The van der Waals surface area contributed by atoms with E-state index in [0.29, 0.717) is 17.6 Å². The molecule has 0 bridgehead atoms. The van der Waals surface area contributed by atoms with Gasteiger partial charge in [-0.25, -0.2) is 0 Å². The van der Waals surface area contributed by atoms with Crippen molar-refractivity contribution in [2.45, 2.75) is 38.5 Å². The Bertz CT molecular complexity index is 460. The zero-order valence-corrected chi connectivity index (χ0v) is 12.1. The number of benzene rings is 1. The minimum atomic E-state index is 0.395. The molecule has 1 saturated carbocycles. The lowest BCUT2D eigenvalue weighted by molar-refractivity contribution is -0.120. The Morgan fingerprint density at radius 2 is 1.95 bits per heavy atom. The van der Waals surface area contributed by atoms with Gasteiger partial charge in [0.05, 0.1) is 0 Å². The summed E-state index contributed by atoms with van der Waals surface area (Å²) in [7, 11) is 0. The molecule has 1 aromatic carbocycles. The van der Waals surface area contributed by atoms with Gasteiger partial charge in [0.15, 0.2) is 0 Å². The number of allylic oxidation sites excluding steroid dienone is 1. The molecule has 0 unspecified atom stereocenters. The van der Waals surface area contributed by atoms with E-state index in [-0.39, 0.29) is 0 Å². The monoisotopic (exact) mass is 276 g/mol. The minimum Gasteiger partial charge on any atom is -0.299 e. The van der Waals surface area contributed by atoms with Gasteiger partial charge in [-0.1, -0.05) is 36.4 Å². The number of hydrogen-bond acceptors (Lipinski definition) is 1. The Hall–Kier alpha value is -1.08. The van der Waals surface area contributed by atoms with Crippen molar-refractivity contribution in [1.29, 1.82) is 0 Å². The number of rotatable bonds is 8. The summed E-state index contributed by atoms with van der Waals surface area (Å²) in [5.74, 6) is 1.36. The van der Waals surface area contributed by atoms with Crippen molar-refractivity contribution >= 4 is 17.4 Å². The normalized spacial score (nSPS) is 14.4. The summed E-state index contributed by atoms with van der Waals surface area (Å²) in [4.78, 5) is 11.7. The van der Waals surface area contributed by atoms with Gasteiger partial charge in [0, 0.05) is 18.2 Å². The summed E-state index contributed by atoms with van der Waals surface area (Å²) in [5, 5.41) is 0. The number of alkyl halides is 1. The van der Waals surface area contributed by atoms with Crippen molar-refractivity contribution in [2.24, 2.45) is 5.92 Å². The predicted molar refractivity (Wildman–Crippen MR) is 80.7 cm³/mol. The number of halogens is 1. The summed E-state index contributed by atoms with van der Waals surface area (Å²) in [5.41, 5.74) is 3.67. The van der Waals surface area contributed by atoms with E-state index in [0.717, 1.165) is 44.1 Å². The van der Waals surface area contributed by atoms with E-state index >= 15 is 0 Å². The van der Waals surface area contributed by atoms with E-state index in [1.54, 1.807) is 0 Å². The van der Waals surface area contributed by atoms with E-state index in [4.69, 9.17) is 11.6 Å². The van der Waals surface area contributed by atoms with E-state index in [1.165, 1.54) is 11.1 Å². The molecule has 2 rings (SSSR count). The van der Waals surface area contributed by atoms with Gasteiger partial charge >= 0.3 is 0 Å². The molecular formula is C17H21ClO. The van der Waals surface area contributed by atoms with Crippen LogP contribution in [0.25, 0.3) is 0 Å². The first-order chi connectivity index (χ1) is 9.20. The van der Waals surface area contributed by atoms with Gasteiger partial charge in [0.2, 0.25) is 0 Å². The van der Waals surface area contributed by atoms with Crippen LogP contribution in [-0.2, 0) is 17.6 Å².